The monoisotopic (exact) mass is 360 g/mol. The molecule has 0 radical (unpaired) electrons. The molecule has 1 aromatic carbocycles. The van der Waals surface area contributed by atoms with Gasteiger partial charge in [-0.05, 0) is 37.3 Å². The average molecular weight is 360 g/mol. The van der Waals surface area contributed by atoms with E-state index in [4.69, 9.17) is 9.47 Å². The number of anilines is 1. The minimum absolute atomic E-state index is 0.0151. The Morgan fingerprint density at radius 1 is 1.26 bits per heavy atom. The number of rotatable bonds is 3. The van der Waals surface area contributed by atoms with Crippen LogP contribution in [0.3, 0.4) is 0 Å². The van der Waals surface area contributed by atoms with Gasteiger partial charge in [0.15, 0.2) is 11.5 Å². The van der Waals surface area contributed by atoms with Gasteiger partial charge in [-0.2, -0.15) is 5.26 Å². The molecular weight excluding hydrogens is 344 g/mol. The molecule has 134 valence electrons. The predicted molar refractivity (Wildman–Crippen MR) is 99.6 cm³/mol. The number of imidazole rings is 1. The van der Waals surface area contributed by atoms with Crippen molar-refractivity contribution < 1.29 is 14.3 Å². The Hall–Kier alpha value is -3.79. The van der Waals surface area contributed by atoms with Crippen LogP contribution in [0.1, 0.15) is 11.4 Å². The number of pyridine rings is 1. The van der Waals surface area contributed by atoms with E-state index in [-0.39, 0.29) is 5.57 Å². The molecule has 0 atom stereocenters. The smallest absolute Gasteiger partial charge is 0.266 e. The maximum absolute atomic E-state index is 12.6. The van der Waals surface area contributed by atoms with Crippen molar-refractivity contribution in [1.82, 2.24) is 9.38 Å². The summed E-state index contributed by atoms with van der Waals surface area (Å²) in [4.78, 5) is 17.0. The molecule has 0 unspecified atom stereocenters. The number of hydrogen-bond acceptors (Lipinski definition) is 5. The summed E-state index contributed by atoms with van der Waals surface area (Å²) in [6.07, 6.45) is 3.39. The van der Waals surface area contributed by atoms with Crippen molar-refractivity contribution in [3.05, 3.63) is 59.6 Å². The van der Waals surface area contributed by atoms with Gasteiger partial charge in [-0.25, -0.2) is 4.98 Å². The maximum atomic E-state index is 12.6. The summed E-state index contributed by atoms with van der Waals surface area (Å²) >= 11 is 0. The lowest BCUT2D eigenvalue weighted by atomic mass is 10.2. The van der Waals surface area contributed by atoms with Crippen molar-refractivity contribution in [3.8, 4) is 17.6 Å². The molecule has 0 bridgehead atoms. The van der Waals surface area contributed by atoms with E-state index in [9.17, 15) is 10.1 Å². The molecule has 2 aromatic heterocycles. The number of nitriles is 1. The second-order valence-electron chi connectivity index (χ2n) is 5.99. The number of amides is 1. The molecule has 7 heteroatoms. The van der Waals surface area contributed by atoms with Crippen LogP contribution in [0.15, 0.2) is 48.2 Å². The Morgan fingerprint density at radius 2 is 2.07 bits per heavy atom. The molecule has 1 aliphatic rings. The zero-order valence-electron chi connectivity index (χ0n) is 14.6. The number of ether oxygens (including phenoxy) is 2. The van der Waals surface area contributed by atoms with Crippen molar-refractivity contribution in [2.75, 3.05) is 18.5 Å². The third kappa shape index (κ3) is 3.20. The van der Waals surface area contributed by atoms with Gasteiger partial charge in [0.05, 0.1) is 11.4 Å². The molecule has 3 heterocycles. The van der Waals surface area contributed by atoms with Gasteiger partial charge in [0.25, 0.3) is 5.91 Å². The first-order valence-corrected chi connectivity index (χ1v) is 8.42. The number of nitrogens with one attached hydrogen (secondary N) is 1. The number of aromatic nitrogens is 2. The van der Waals surface area contributed by atoms with Crippen molar-refractivity contribution in [2.24, 2.45) is 0 Å². The maximum Gasteiger partial charge on any atom is 0.266 e. The molecular formula is C20H16N4O3. The Morgan fingerprint density at radius 3 is 2.89 bits per heavy atom. The first-order chi connectivity index (χ1) is 13.2. The van der Waals surface area contributed by atoms with Crippen LogP contribution < -0.4 is 14.8 Å². The highest BCUT2D eigenvalue weighted by molar-refractivity contribution is 6.09. The minimum atomic E-state index is -0.501. The van der Waals surface area contributed by atoms with E-state index in [1.54, 1.807) is 24.3 Å². The molecule has 0 saturated heterocycles. The predicted octanol–water partition coefficient (Wildman–Crippen LogP) is 2.96. The Labute approximate surface area is 155 Å². The third-order valence-corrected chi connectivity index (χ3v) is 4.20. The first kappa shape index (κ1) is 16.7. The summed E-state index contributed by atoms with van der Waals surface area (Å²) < 4.78 is 12.8. The summed E-state index contributed by atoms with van der Waals surface area (Å²) in [6, 6.07) is 12.7. The number of benzene rings is 1. The molecule has 0 aliphatic carbocycles. The van der Waals surface area contributed by atoms with E-state index in [0.717, 1.165) is 11.3 Å². The zero-order chi connectivity index (χ0) is 18.8. The Bertz CT molecular complexity index is 1110. The van der Waals surface area contributed by atoms with Gasteiger partial charge in [0.2, 0.25) is 0 Å². The minimum Gasteiger partial charge on any atom is -0.486 e. The molecule has 0 fully saturated rings. The van der Waals surface area contributed by atoms with Gasteiger partial charge in [-0.1, -0.05) is 6.07 Å². The average Bonchev–Trinajstić information content (AvgIpc) is 3.00. The van der Waals surface area contributed by atoms with Crippen molar-refractivity contribution >= 4 is 23.3 Å². The van der Waals surface area contributed by atoms with Crippen LogP contribution in [0.5, 0.6) is 11.5 Å². The number of nitrogens with zero attached hydrogens (tertiary/aromatic N) is 3. The van der Waals surface area contributed by atoms with E-state index in [1.807, 2.05) is 41.8 Å². The van der Waals surface area contributed by atoms with E-state index in [0.29, 0.717) is 36.1 Å². The number of carbonyl (C=O) groups is 1. The van der Waals surface area contributed by atoms with Crippen LogP contribution in [0.25, 0.3) is 11.7 Å². The molecule has 27 heavy (non-hydrogen) atoms. The molecule has 7 nitrogen and oxygen atoms in total. The molecule has 0 saturated carbocycles. The molecule has 1 N–H and O–H groups in total. The second kappa shape index (κ2) is 6.84. The Kier molecular flexibility index (Phi) is 4.22. The van der Waals surface area contributed by atoms with E-state index < -0.39 is 5.91 Å². The first-order valence-electron chi connectivity index (χ1n) is 8.42. The summed E-state index contributed by atoms with van der Waals surface area (Å²) in [7, 11) is 0. The largest absolute Gasteiger partial charge is 0.486 e. The standard InChI is InChI=1S/C20H16N4O3/c1-13-16(24-7-3-2-4-19(24)22-13)10-14(12-21)20(25)23-15-5-6-17-18(11-15)27-9-8-26-17/h2-7,10-11H,8-9H2,1H3,(H,23,25). The van der Waals surface area contributed by atoms with Crippen molar-refractivity contribution in [2.45, 2.75) is 6.92 Å². The van der Waals surface area contributed by atoms with Crippen molar-refractivity contribution in [3.63, 3.8) is 0 Å². The zero-order valence-corrected chi connectivity index (χ0v) is 14.6. The van der Waals surface area contributed by atoms with Crippen LogP contribution in [0.2, 0.25) is 0 Å². The Balaban J connectivity index is 1.62. The third-order valence-electron chi connectivity index (χ3n) is 4.20. The second-order valence-corrected chi connectivity index (χ2v) is 5.99. The van der Waals surface area contributed by atoms with E-state index in [1.165, 1.54) is 0 Å². The van der Waals surface area contributed by atoms with Crippen molar-refractivity contribution in [1.29, 1.82) is 5.26 Å². The normalized spacial score (nSPS) is 13.3. The van der Waals surface area contributed by atoms with Crippen LogP contribution in [-0.2, 0) is 4.79 Å². The molecule has 1 amide bonds. The fourth-order valence-electron chi connectivity index (χ4n) is 2.91. The van der Waals surface area contributed by atoms with Crippen LogP contribution in [0.4, 0.5) is 5.69 Å². The van der Waals surface area contributed by atoms with Gasteiger partial charge < -0.3 is 14.8 Å². The molecule has 0 spiro atoms. The number of carbonyl (C=O) groups excluding carboxylic acids is 1. The highest BCUT2D eigenvalue weighted by Gasteiger charge is 2.16. The fourth-order valence-corrected chi connectivity index (χ4v) is 2.91. The summed E-state index contributed by atoms with van der Waals surface area (Å²) in [5.74, 6) is 0.704. The lowest BCUT2D eigenvalue weighted by Crippen LogP contribution is -2.17. The van der Waals surface area contributed by atoms with Crippen LogP contribution in [0, 0.1) is 18.3 Å². The molecule has 4 rings (SSSR count). The highest BCUT2D eigenvalue weighted by atomic mass is 16.6. The molecule has 1 aliphatic heterocycles. The van der Waals surface area contributed by atoms with E-state index >= 15 is 0 Å². The summed E-state index contributed by atoms with van der Waals surface area (Å²) in [6.45, 7) is 2.80. The number of aryl methyl sites for hydroxylation is 1. The highest BCUT2D eigenvalue weighted by Crippen LogP contribution is 2.32. The number of fused-ring (bicyclic) bond motifs is 2. The van der Waals surface area contributed by atoms with Gasteiger partial charge in [0, 0.05) is 18.0 Å². The SMILES string of the molecule is Cc1nc2ccccn2c1C=C(C#N)C(=O)Nc1ccc2c(c1)OCCO2. The fraction of sp³-hybridized carbons (Fsp3) is 0.150. The quantitative estimate of drug-likeness (QED) is 0.573. The van der Waals surface area contributed by atoms with Crippen LogP contribution in [-0.4, -0.2) is 28.5 Å². The van der Waals surface area contributed by atoms with Gasteiger partial charge >= 0.3 is 0 Å². The van der Waals surface area contributed by atoms with Gasteiger partial charge in [0.1, 0.15) is 30.5 Å². The van der Waals surface area contributed by atoms with Gasteiger partial charge in [-0.3, -0.25) is 9.20 Å². The summed E-state index contributed by atoms with van der Waals surface area (Å²) in [5.41, 5.74) is 2.70. The molecule has 3 aromatic rings. The van der Waals surface area contributed by atoms with E-state index in [2.05, 4.69) is 10.3 Å². The van der Waals surface area contributed by atoms with Gasteiger partial charge in [-0.15, -0.1) is 0 Å². The summed E-state index contributed by atoms with van der Waals surface area (Å²) in [5, 5.41) is 12.2. The van der Waals surface area contributed by atoms with Crippen LogP contribution >= 0.6 is 0 Å². The topological polar surface area (TPSA) is 88.7 Å². The number of hydrogen-bond donors (Lipinski definition) is 1. The lowest BCUT2D eigenvalue weighted by molar-refractivity contribution is -0.112. The lowest BCUT2D eigenvalue weighted by Gasteiger charge is -2.18.